The highest BCUT2D eigenvalue weighted by Crippen LogP contribution is 2.32. The van der Waals surface area contributed by atoms with Gasteiger partial charge in [0.25, 0.3) is 0 Å². The van der Waals surface area contributed by atoms with Crippen molar-refractivity contribution in [2.45, 2.75) is 103 Å². The van der Waals surface area contributed by atoms with Crippen LogP contribution in [0.15, 0.2) is 42.5 Å². The fourth-order valence-electron chi connectivity index (χ4n) is 5.18. The van der Waals surface area contributed by atoms with Gasteiger partial charge in [-0.05, 0) is 61.0 Å². The molecule has 1 heteroatoms. The second-order valence-electron chi connectivity index (χ2n) is 9.27. The van der Waals surface area contributed by atoms with E-state index in [9.17, 15) is 0 Å². The van der Waals surface area contributed by atoms with Gasteiger partial charge in [-0.25, -0.2) is 0 Å². The molecule has 1 saturated heterocycles. The van der Waals surface area contributed by atoms with Gasteiger partial charge in [0.15, 0.2) is 0 Å². The van der Waals surface area contributed by atoms with Crippen LogP contribution in [0.5, 0.6) is 0 Å². The van der Waals surface area contributed by atoms with E-state index >= 15 is 0 Å². The molecule has 1 fully saturated rings. The van der Waals surface area contributed by atoms with Gasteiger partial charge in [0.1, 0.15) is 0 Å². The van der Waals surface area contributed by atoms with Gasteiger partial charge in [0, 0.05) is 6.04 Å². The molecule has 2 aromatic carbocycles. The number of fused-ring (bicyclic) bond motifs is 1. The zero-order chi connectivity index (χ0) is 20.3. The largest absolute Gasteiger partial charge is 0.300 e. The predicted octanol–water partition coefficient (Wildman–Crippen LogP) is 8.33. The molecule has 0 atom stereocenters. The first-order chi connectivity index (χ1) is 14.3. The van der Waals surface area contributed by atoms with E-state index in [4.69, 9.17) is 0 Å². The minimum absolute atomic E-state index is 0.747. The fourth-order valence-corrected chi connectivity index (χ4v) is 5.18. The number of unbranched alkanes of at least 4 members (excludes halogenated alkanes) is 6. The first-order valence-electron chi connectivity index (χ1n) is 12.5. The molecule has 0 radical (unpaired) electrons. The molecule has 0 aromatic heterocycles. The SMILES string of the molecule is CCCCCCC(CCCCCC)N1CCC(c2ccc3ccccc3c2)CC1. The number of rotatable bonds is 12. The monoisotopic (exact) mass is 393 g/mol. The molecule has 0 amide bonds. The third-order valence-electron chi connectivity index (χ3n) is 7.07. The number of likely N-dealkylation sites (tertiary alicyclic amines) is 1. The van der Waals surface area contributed by atoms with E-state index in [-0.39, 0.29) is 0 Å². The van der Waals surface area contributed by atoms with Crippen molar-refractivity contribution in [3.63, 3.8) is 0 Å². The maximum absolute atomic E-state index is 2.86. The lowest BCUT2D eigenvalue weighted by molar-refractivity contribution is 0.133. The van der Waals surface area contributed by atoms with Gasteiger partial charge in [-0.3, -0.25) is 0 Å². The minimum atomic E-state index is 0.747. The van der Waals surface area contributed by atoms with E-state index in [2.05, 4.69) is 61.2 Å². The summed E-state index contributed by atoms with van der Waals surface area (Å²) in [5.41, 5.74) is 1.56. The average Bonchev–Trinajstić information content (AvgIpc) is 2.78. The van der Waals surface area contributed by atoms with Crippen LogP contribution in [0.25, 0.3) is 10.8 Å². The Labute approximate surface area is 179 Å². The molecule has 1 aliphatic heterocycles. The molecule has 1 heterocycles. The average molecular weight is 394 g/mol. The van der Waals surface area contributed by atoms with E-state index in [1.807, 2.05) is 0 Å². The summed E-state index contributed by atoms with van der Waals surface area (Å²) in [7, 11) is 0. The molecule has 1 aliphatic rings. The third-order valence-corrected chi connectivity index (χ3v) is 7.07. The Morgan fingerprint density at radius 2 is 1.38 bits per heavy atom. The highest BCUT2D eigenvalue weighted by Gasteiger charge is 2.25. The molecular formula is C28H43N. The second-order valence-corrected chi connectivity index (χ2v) is 9.27. The molecule has 3 rings (SSSR count). The maximum Gasteiger partial charge on any atom is 0.00952 e. The Morgan fingerprint density at radius 1 is 0.759 bits per heavy atom. The van der Waals surface area contributed by atoms with Crippen molar-refractivity contribution in [3.05, 3.63) is 48.0 Å². The summed E-state index contributed by atoms with van der Waals surface area (Å²) in [5, 5.41) is 2.77. The van der Waals surface area contributed by atoms with Gasteiger partial charge in [-0.15, -0.1) is 0 Å². The van der Waals surface area contributed by atoms with Crippen LogP contribution < -0.4 is 0 Å². The lowest BCUT2D eigenvalue weighted by atomic mass is 9.87. The van der Waals surface area contributed by atoms with Crippen molar-refractivity contribution in [3.8, 4) is 0 Å². The number of hydrogen-bond acceptors (Lipinski definition) is 1. The molecule has 0 aliphatic carbocycles. The van der Waals surface area contributed by atoms with Crippen LogP contribution >= 0.6 is 0 Å². The lowest BCUT2D eigenvalue weighted by Crippen LogP contribution is -2.41. The Hall–Kier alpha value is -1.34. The lowest BCUT2D eigenvalue weighted by Gasteiger charge is -2.38. The van der Waals surface area contributed by atoms with Crippen LogP contribution in [-0.4, -0.2) is 24.0 Å². The molecule has 0 unspecified atom stereocenters. The minimum Gasteiger partial charge on any atom is -0.300 e. The summed E-state index contributed by atoms with van der Waals surface area (Å²) in [4.78, 5) is 2.86. The zero-order valence-electron chi connectivity index (χ0n) is 19.0. The summed E-state index contributed by atoms with van der Waals surface area (Å²) in [5.74, 6) is 0.747. The highest BCUT2D eigenvalue weighted by atomic mass is 15.2. The standard InChI is InChI=1S/C28H43N/c1-3-5-7-9-15-28(16-10-8-6-4-2)29-21-19-25(20-22-29)27-18-17-24-13-11-12-14-26(24)23-27/h11-14,17-18,23,25,28H,3-10,15-16,19-22H2,1-2H3. The first-order valence-corrected chi connectivity index (χ1v) is 12.5. The van der Waals surface area contributed by atoms with Crippen LogP contribution in [0.2, 0.25) is 0 Å². The molecule has 29 heavy (non-hydrogen) atoms. The molecule has 0 spiro atoms. The van der Waals surface area contributed by atoms with Crippen LogP contribution in [0, 0.1) is 0 Å². The summed E-state index contributed by atoms with van der Waals surface area (Å²) < 4.78 is 0. The normalized spacial score (nSPS) is 16.1. The van der Waals surface area contributed by atoms with E-state index in [1.165, 1.54) is 101 Å². The molecule has 160 valence electrons. The number of piperidine rings is 1. The van der Waals surface area contributed by atoms with Crippen molar-refractivity contribution in [1.82, 2.24) is 4.90 Å². The molecular weight excluding hydrogens is 350 g/mol. The van der Waals surface area contributed by atoms with Gasteiger partial charge in [0.2, 0.25) is 0 Å². The third kappa shape index (κ3) is 6.85. The van der Waals surface area contributed by atoms with Gasteiger partial charge in [0.05, 0.1) is 0 Å². The van der Waals surface area contributed by atoms with Crippen molar-refractivity contribution in [2.24, 2.45) is 0 Å². The Balaban J connectivity index is 1.54. The van der Waals surface area contributed by atoms with Gasteiger partial charge >= 0.3 is 0 Å². The summed E-state index contributed by atoms with van der Waals surface area (Å²) in [6.45, 7) is 7.23. The van der Waals surface area contributed by atoms with Gasteiger partial charge in [-0.1, -0.05) is 108 Å². The van der Waals surface area contributed by atoms with Crippen LogP contribution in [-0.2, 0) is 0 Å². The van der Waals surface area contributed by atoms with Crippen molar-refractivity contribution in [2.75, 3.05) is 13.1 Å². The Morgan fingerprint density at radius 3 is 2.00 bits per heavy atom. The van der Waals surface area contributed by atoms with Crippen molar-refractivity contribution >= 4 is 10.8 Å². The predicted molar refractivity (Wildman–Crippen MR) is 129 cm³/mol. The summed E-state index contributed by atoms with van der Waals surface area (Å²) in [6, 6.07) is 16.8. The summed E-state index contributed by atoms with van der Waals surface area (Å²) in [6.07, 6.45) is 16.7. The van der Waals surface area contributed by atoms with E-state index in [0.29, 0.717) is 0 Å². The van der Waals surface area contributed by atoms with E-state index in [1.54, 1.807) is 5.56 Å². The Bertz CT molecular complexity index is 686. The number of hydrogen-bond donors (Lipinski definition) is 0. The smallest absolute Gasteiger partial charge is 0.00952 e. The van der Waals surface area contributed by atoms with Crippen LogP contribution in [0.1, 0.15) is 102 Å². The molecule has 1 nitrogen and oxygen atoms in total. The molecule has 0 saturated carbocycles. The van der Waals surface area contributed by atoms with Gasteiger partial charge in [-0.2, -0.15) is 0 Å². The van der Waals surface area contributed by atoms with Crippen LogP contribution in [0.3, 0.4) is 0 Å². The Kier molecular flexibility index (Phi) is 9.54. The van der Waals surface area contributed by atoms with Crippen molar-refractivity contribution in [1.29, 1.82) is 0 Å². The zero-order valence-corrected chi connectivity index (χ0v) is 19.0. The topological polar surface area (TPSA) is 3.24 Å². The van der Waals surface area contributed by atoms with E-state index < -0.39 is 0 Å². The summed E-state index contributed by atoms with van der Waals surface area (Å²) >= 11 is 0. The number of benzene rings is 2. The quantitative estimate of drug-likeness (QED) is 0.328. The second kappa shape index (κ2) is 12.4. The molecule has 2 aromatic rings. The van der Waals surface area contributed by atoms with E-state index in [0.717, 1.165) is 12.0 Å². The fraction of sp³-hybridized carbons (Fsp3) is 0.643. The first kappa shape index (κ1) is 22.3. The molecule has 0 bridgehead atoms. The highest BCUT2D eigenvalue weighted by molar-refractivity contribution is 5.83. The molecule has 0 N–H and O–H groups in total. The van der Waals surface area contributed by atoms with Gasteiger partial charge < -0.3 is 4.90 Å². The van der Waals surface area contributed by atoms with Crippen LogP contribution in [0.4, 0.5) is 0 Å². The maximum atomic E-state index is 2.86. The number of nitrogens with zero attached hydrogens (tertiary/aromatic N) is 1. The van der Waals surface area contributed by atoms with Crippen molar-refractivity contribution < 1.29 is 0 Å².